The molecular formula is C6H9NO2. The fourth-order valence-corrected chi connectivity index (χ4v) is 0.714. The van der Waals surface area contributed by atoms with Crippen molar-refractivity contribution >= 4 is 0 Å². The van der Waals surface area contributed by atoms with Gasteiger partial charge in [0.15, 0.2) is 0 Å². The first-order chi connectivity index (χ1) is 4.25. The Kier molecular flexibility index (Phi) is 1.42. The SMILES string of the molecule is CCc1coc(=O)n1C. The van der Waals surface area contributed by atoms with Crippen molar-refractivity contribution in [3.8, 4) is 0 Å². The smallest absolute Gasteiger partial charge is 0.416 e. The summed E-state index contributed by atoms with van der Waals surface area (Å²) in [7, 11) is 1.70. The Morgan fingerprint density at radius 2 is 2.44 bits per heavy atom. The quantitative estimate of drug-likeness (QED) is 0.552. The number of hydrogen-bond donors (Lipinski definition) is 0. The van der Waals surface area contributed by atoms with Crippen LogP contribution in [0.25, 0.3) is 0 Å². The van der Waals surface area contributed by atoms with Crippen LogP contribution in [0.2, 0.25) is 0 Å². The molecule has 0 radical (unpaired) electrons. The van der Waals surface area contributed by atoms with E-state index >= 15 is 0 Å². The Balaban J connectivity index is 3.20. The molecule has 0 N–H and O–H groups in total. The van der Waals surface area contributed by atoms with E-state index < -0.39 is 0 Å². The van der Waals surface area contributed by atoms with Crippen LogP contribution in [0.4, 0.5) is 0 Å². The molecule has 9 heavy (non-hydrogen) atoms. The molecule has 0 fully saturated rings. The molecule has 3 nitrogen and oxygen atoms in total. The minimum Gasteiger partial charge on any atom is -0.416 e. The lowest BCUT2D eigenvalue weighted by Gasteiger charge is -1.89. The molecule has 1 rings (SSSR count). The highest BCUT2D eigenvalue weighted by Gasteiger charge is 1.98. The molecule has 0 aliphatic heterocycles. The molecule has 50 valence electrons. The fourth-order valence-electron chi connectivity index (χ4n) is 0.714. The molecule has 1 aromatic rings. The van der Waals surface area contributed by atoms with Crippen molar-refractivity contribution in [3.63, 3.8) is 0 Å². The van der Waals surface area contributed by atoms with E-state index in [2.05, 4.69) is 4.42 Å². The molecule has 0 amide bonds. The van der Waals surface area contributed by atoms with Crippen molar-refractivity contribution in [3.05, 3.63) is 22.5 Å². The van der Waals surface area contributed by atoms with E-state index in [9.17, 15) is 4.79 Å². The Hall–Kier alpha value is -0.990. The van der Waals surface area contributed by atoms with Crippen LogP contribution in [-0.2, 0) is 13.5 Å². The average Bonchev–Trinajstić information content (AvgIpc) is 2.15. The number of nitrogens with zero attached hydrogens (tertiary/aromatic N) is 1. The molecule has 0 aliphatic carbocycles. The summed E-state index contributed by atoms with van der Waals surface area (Å²) < 4.78 is 6.09. The molecule has 0 unspecified atom stereocenters. The van der Waals surface area contributed by atoms with E-state index in [4.69, 9.17) is 0 Å². The van der Waals surface area contributed by atoms with Crippen molar-refractivity contribution in [2.24, 2.45) is 7.05 Å². The van der Waals surface area contributed by atoms with Gasteiger partial charge >= 0.3 is 5.76 Å². The summed E-state index contributed by atoms with van der Waals surface area (Å²) in [6.45, 7) is 1.98. The van der Waals surface area contributed by atoms with Crippen LogP contribution < -0.4 is 5.76 Å². The third-order valence-corrected chi connectivity index (χ3v) is 1.36. The van der Waals surface area contributed by atoms with Gasteiger partial charge in [0.05, 0.1) is 5.69 Å². The standard InChI is InChI=1S/C6H9NO2/c1-3-5-4-9-6(8)7(5)2/h4H,3H2,1-2H3. The molecular weight excluding hydrogens is 118 g/mol. The van der Waals surface area contributed by atoms with Crippen LogP contribution in [0.1, 0.15) is 12.6 Å². The van der Waals surface area contributed by atoms with E-state index in [-0.39, 0.29) is 5.76 Å². The highest BCUT2D eigenvalue weighted by molar-refractivity contribution is 4.92. The summed E-state index contributed by atoms with van der Waals surface area (Å²) in [5, 5.41) is 0. The van der Waals surface area contributed by atoms with Gasteiger partial charge in [-0.15, -0.1) is 0 Å². The Morgan fingerprint density at radius 1 is 1.78 bits per heavy atom. The minimum absolute atomic E-state index is 0.285. The predicted molar refractivity (Wildman–Crippen MR) is 33.3 cm³/mol. The second-order valence-corrected chi connectivity index (χ2v) is 1.91. The van der Waals surface area contributed by atoms with E-state index in [0.29, 0.717) is 0 Å². The van der Waals surface area contributed by atoms with Gasteiger partial charge in [-0.1, -0.05) is 6.92 Å². The fraction of sp³-hybridized carbons (Fsp3) is 0.500. The van der Waals surface area contributed by atoms with Gasteiger partial charge in [-0.25, -0.2) is 4.79 Å². The third-order valence-electron chi connectivity index (χ3n) is 1.36. The number of rotatable bonds is 1. The maximum Gasteiger partial charge on any atom is 0.418 e. The van der Waals surface area contributed by atoms with Gasteiger partial charge in [0, 0.05) is 7.05 Å². The summed E-state index contributed by atoms with van der Waals surface area (Å²) in [5.41, 5.74) is 0.931. The molecule has 0 saturated carbocycles. The van der Waals surface area contributed by atoms with Gasteiger partial charge in [0.25, 0.3) is 0 Å². The summed E-state index contributed by atoms with van der Waals surface area (Å²) in [5.74, 6) is -0.285. The maximum absolute atomic E-state index is 10.6. The zero-order valence-corrected chi connectivity index (χ0v) is 5.55. The average molecular weight is 127 g/mol. The first kappa shape index (κ1) is 6.13. The molecule has 0 saturated heterocycles. The lowest BCUT2D eigenvalue weighted by atomic mass is 10.4. The summed E-state index contributed by atoms with van der Waals surface area (Å²) >= 11 is 0. The van der Waals surface area contributed by atoms with Crippen molar-refractivity contribution in [2.45, 2.75) is 13.3 Å². The number of oxazole rings is 1. The lowest BCUT2D eigenvalue weighted by Crippen LogP contribution is -2.11. The van der Waals surface area contributed by atoms with Crippen molar-refractivity contribution in [1.82, 2.24) is 4.57 Å². The van der Waals surface area contributed by atoms with Gasteiger partial charge in [-0.2, -0.15) is 0 Å². The minimum atomic E-state index is -0.285. The zero-order valence-electron chi connectivity index (χ0n) is 5.55. The van der Waals surface area contributed by atoms with Crippen LogP contribution in [-0.4, -0.2) is 4.57 Å². The number of aryl methyl sites for hydroxylation is 1. The molecule has 0 spiro atoms. The van der Waals surface area contributed by atoms with Crippen LogP contribution in [0.15, 0.2) is 15.5 Å². The topological polar surface area (TPSA) is 35.1 Å². The summed E-state index contributed by atoms with van der Waals surface area (Å²) in [4.78, 5) is 10.6. The largest absolute Gasteiger partial charge is 0.418 e. The molecule has 0 bridgehead atoms. The predicted octanol–water partition coefficient (Wildman–Crippen LogP) is 0.541. The van der Waals surface area contributed by atoms with E-state index in [1.54, 1.807) is 7.05 Å². The Morgan fingerprint density at radius 3 is 2.67 bits per heavy atom. The van der Waals surface area contributed by atoms with Crippen LogP contribution in [0, 0.1) is 0 Å². The molecule has 1 aromatic heterocycles. The van der Waals surface area contributed by atoms with E-state index in [0.717, 1.165) is 12.1 Å². The highest BCUT2D eigenvalue weighted by Crippen LogP contribution is 1.93. The summed E-state index contributed by atoms with van der Waals surface area (Å²) in [6, 6.07) is 0. The van der Waals surface area contributed by atoms with Gasteiger partial charge in [0.2, 0.25) is 0 Å². The normalized spacial score (nSPS) is 10.0. The molecule has 0 aromatic carbocycles. The van der Waals surface area contributed by atoms with Gasteiger partial charge < -0.3 is 4.42 Å². The van der Waals surface area contributed by atoms with E-state index in [1.165, 1.54) is 10.8 Å². The lowest BCUT2D eigenvalue weighted by molar-refractivity contribution is 0.494. The molecule has 3 heteroatoms. The number of hydrogen-bond acceptors (Lipinski definition) is 2. The van der Waals surface area contributed by atoms with Gasteiger partial charge in [-0.3, -0.25) is 4.57 Å². The zero-order chi connectivity index (χ0) is 6.85. The van der Waals surface area contributed by atoms with Crippen LogP contribution >= 0.6 is 0 Å². The molecule has 0 aliphatic rings. The number of aromatic nitrogens is 1. The van der Waals surface area contributed by atoms with Gasteiger partial charge in [0.1, 0.15) is 6.26 Å². The molecule has 0 atom stereocenters. The third kappa shape index (κ3) is 0.896. The van der Waals surface area contributed by atoms with Crippen molar-refractivity contribution in [1.29, 1.82) is 0 Å². The van der Waals surface area contributed by atoms with Crippen molar-refractivity contribution in [2.75, 3.05) is 0 Å². The second-order valence-electron chi connectivity index (χ2n) is 1.91. The maximum atomic E-state index is 10.6. The van der Waals surface area contributed by atoms with Crippen molar-refractivity contribution < 1.29 is 4.42 Å². The van der Waals surface area contributed by atoms with Gasteiger partial charge in [-0.05, 0) is 6.42 Å². The monoisotopic (exact) mass is 127 g/mol. The van der Waals surface area contributed by atoms with Crippen LogP contribution in [0.3, 0.4) is 0 Å². The second kappa shape index (κ2) is 2.09. The van der Waals surface area contributed by atoms with Crippen LogP contribution in [0.5, 0.6) is 0 Å². The highest BCUT2D eigenvalue weighted by atomic mass is 16.4. The summed E-state index contributed by atoms with van der Waals surface area (Å²) in [6.07, 6.45) is 2.32. The first-order valence-corrected chi connectivity index (χ1v) is 2.89. The molecule has 1 heterocycles. The van der Waals surface area contributed by atoms with E-state index in [1.807, 2.05) is 6.92 Å². The first-order valence-electron chi connectivity index (χ1n) is 2.89. The Bertz CT molecular complexity index is 246. The Labute approximate surface area is 52.9 Å².